The number of nitro groups is 1. The molecule has 0 saturated heterocycles. The number of benzene rings is 1. The van der Waals surface area contributed by atoms with Crippen LogP contribution in [0.1, 0.15) is 26.2 Å². The van der Waals surface area contributed by atoms with Gasteiger partial charge in [0.1, 0.15) is 0 Å². The number of carbonyl (C=O) groups is 1. The Morgan fingerprint density at radius 2 is 2.29 bits per heavy atom. The minimum atomic E-state index is -0.827. The number of carboxylic acid groups (broad SMARTS) is 1. The largest absolute Gasteiger partial charge is 0.490 e. The summed E-state index contributed by atoms with van der Waals surface area (Å²) >= 11 is 0. The van der Waals surface area contributed by atoms with E-state index < -0.39 is 16.3 Å². The lowest BCUT2D eigenvalue weighted by Gasteiger charge is -2.28. The lowest BCUT2D eigenvalue weighted by molar-refractivity contribution is -0.385. The number of carboxylic acids is 1. The lowest BCUT2D eigenvalue weighted by atomic mass is 9.85. The van der Waals surface area contributed by atoms with Gasteiger partial charge in [0, 0.05) is 23.9 Å². The van der Waals surface area contributed by atoms with Crippen LogP contribution >= 0.6 is 0 Å². The van der Waals surface area contributed by atoms with Crippen LogP contribution in [0.5, 0.6) is 5.75 Å². The van der Waals surface area contributed by atoms with E-state index in [0.717, 1.165) is 12.8 Å². The number of nitro benzene ring substituents is 1. The molecule has 2 unspecified atom stereocenters. The van der Waals surface area contributed by atoms with E-state index in [1.807, 2.05) is 0 Å². The molecule has 114 valence electrons. The van der Waals surface area contributed by atoms with Crippen molar-refractivity contribution in [2.24, 2.45) is 5.41 Å². The fourth-order valence-corrected chi connectivity index (χ4v) is 2.77. The van der Waals surface area contributed by atoms with Crippen molar-refractivity contribution in [2.75, 3.05) is 12.4 Å². The smallest absolute Gasteiger partial charge is 0.311 e. The molecule has 1 aromatic rings. The Balaban J connectivity index is 2.24. The maximum Gasteiger partial charge on any atom is 0.311 e. The third-order valence-electron chi connectivity index (χ3n) is 4.16. The van der Waals surface area contributed by atoms with Crippen molar-refractivity contribution in [1.82, 2.24) is 0 Å². The Morgan fingerprint density at radius 3 is 2.86 bits per heavy atom. The lowest BCUT2D eigenvalue weighted by Crippen LogP contribution is -2.40. The van der Waals surface area contributed by atoms with E-state index >= 15 is 0 Å². The zero-order chi connectivity index (χ0) is 15.6. The second kappa shape index (κ2) is 5.59. The monoisotopic (exact) mass is 294 g/mol. The fourth-order valence-electron chi connectivity index (χ4n) is 2.77. The maximum atomic E-state index is 11.4. The highest BCUT2D eigenvalue weighted by Crippen LogP contribution is 2.40. The molecule has 0 spiro atoms. The number of anilines is 1. The van der Waals surface area contributed by atoms with Crippen molar-refractivity contribution >= 4 is 17.3 Å². The van der Waals surface area contributed by atoms with Crippen LogP contribution in [0.15, 0.2) is 18.2 Å². The molecule has 1 aliphatic carbocycles. The van der Waals surface area contributed by atoms with Gasteiger partial charge in [0.15, 0.2) is 5.75 Å². The number of ether oxygens (including phenoxy) is 1. The normalized spacial score (nSPS) is 24.6. The van der Waals surface area contributed by atoms with Crippen molar-refractivity contribution in [1.29, 1.82) is 0 Å². The van der Waals surface area contributed by atoms with Crippen LogP contribution in [0.25, 0.3) is 0 Å². The van der Waals surface area contributed by atoms with Crippen LogP contribution in [-0.4, -0.2) is 29.2 Å². The van der Waals surface area contributed by atoms with Crippen molar-refractivity contribution < 1.29 is 19.6 Å². The minimum Gasteiger partial charge on any atom is -0.490 e. The van der Waals surface area contributed by atoms with Crippen LogP contribution in [0.4, 0.5) is 11.4 Å². The van der Waals surface area contributed by atoms with Gasteiger partial charge in [0.05, 0.1) is 17.4 Å². The molecule has 0 aromatic heterocycles. The number of hydrogen-bond donors (Lipinski definition) is 2. The van der Waals surface area contributed by atoms with Crippen molar-refractivity contribution in [2.45, 2.75) is 32.2 Å². The zero-order valence-corrected chi connectivity index (χ0v) is 12.0. The molecule has 0 amide bonds. The summed E-state index contributed by atoms with van der Waals surface area (Å²) in [7, 11) is 1.36. The quantitative estimate of drug-likeness (QED) is 0.639. The predicted molar refractivity (Wildman–Crippen MR) is 76.7 cm³/mol. The second-order valence-corrected chi connectivity index (χ2v) is 5.46. The summed E-state index contributed by atoms with van der Waals surface area (Å²) in [4.78, 5) is 21.8. The highest BCUT2D eigenvalue weighted by atomic mass is 16.6. The highest BCUT2D eigenvalue weighted by Gasteiger charge is 2.45. The van der Waals surface area contributed by atoms with Crippen LogP contribution in [0.2, 0.25) is 0 Å². The van der Waals surface area contributed by atoms with E-state index in [2.05, 4.69) is 5.32 Å². The Kier molecular flexibility index (Phi) is 4.02. The number of nitrogens with zero attached hydrogens (tertiary/aromatic N) is 1. The average Bonchev–Trinajstić information content (AvgIpc) is 2.81. The number of hydrogen-bond acceptors (Lipinski definition) is 5. The topological polar surface area (TPSA) is 102 Å². The van der Waals surface area contributed by atoms with Gasteiger partial charge in [0.25, 0.3) is 0 Å². The van der Waals surface area contributed by atoms with E-state index in [1.54, 1.807) is 13.0 Å². The third kappa shape index (κ3) is 2.76. The van der Waals surface area contributed by atoms with Crippen LogP contribution in [0.3, 0.4) is 0 Å². The van der Waals surface area contributed by atoms with Gasteiger partial charge < -0.3 is 15.2 Å². The number of nitrogens with one attached hydrogen (secondary N) is 1. The summed E-state index contributed by atoms with van der Waals surface area (Å²) < 4.78 is 5.01. The second-order valence-electron chi connectivity index (χ2n) is 5.46. The third-order valence-corrected chi connectivity index (χ3v) is 4.16. The van der Waals surface area contributed by atoms with E-state index in [-0.39, 0.29) is 17.5 Å². The molecule has 21 heavy (non-hydrogen) atoms. The van der Waals surface area contributed by atoms with Gasteiger partial charge >= 0.3 is 11.7 Å². The molecule has 1 saturated carbocycles. The first-order valence-electron chi connectivity index (χ1n) is 6.71. The molecule has 1 aromatic carbocycles. The first-order chi connectivity index (χ1) is 9.88. The minimum absolute atomic E-state index is 0.115. The van der Waals surface area contributed by atoms with E-state index in [9.17, 15) is 20.0 Å². The molecule has 7 heteroatoms. The van der Waals surface area contributed by atoms with E-state index in [0.29, 0.717) is 12.1 Å². The van der Waals surface area contributed by atoms with Gasteiger partial charge in [-0.1, -0.05) is 6.42 Å². The van der Waals surface area contributed by atoms with E-state index in [4.69, 9.17) is 4.74 Å². The van der Waals surface area contributed by atoms with Crippen molar-refractivity contribution in [3.05, 3.63) is 28.3 Å². The average molecular weight is 294 g/mol. The Bertz CT molecular complexity index is 574. The standard InChI is InChI=1S/C14H18N2O5/c1-14(13(17)18)7-3-4-12(14)15-9-5-6-10(16(19)20)11(8-9)21-2/h5-6,8,12,15H,3-4,7H2,1-2H3,(H,17,18). The zero-order valence-electron chi connectivity index (χ0n) is 12.0. The molecular weight excluding hydrogens is 276 g/mol. The first-order valence-corrected chi connectivity index (χ1v) is 6.71. The van der Waals surface area contributed by atoms with Crippen LogP contribution < -0.4 is 10.1 Å². The van der Waals surface area contributed by atoms with Crippen molar-refractivity contribution in [3.63, 3.8) is 0 Å². The first kappa shape index (κ1) is 15.1. The summed E-state index contributed by atoms with van der Waals surface area (Å²) in [5, 5.41) is 23.4. The molecule has 0 bridgehead atoms. The van der Waals surface area contributed by atoms with Crippen LogP contribution in [0, 0.1) is 15.5 Å². The molecule has 2 atom stereocenters. The SMILES string of the molecule is COc1cc(NC2CCCC2(C)C(=O)O)ccc1[N+](=O)[O-]. The summed E-state index contributed by atoms with van der Waals surface area (Å²) in [5.41, 5.74) is -0.318. The Morgan fingerprint density at radius 1 is 1.57 bits per heavy atom. The summed E-state index contributed by atoms with van der Waals surface area (Å²) in [5.74, 6) is -0.675. The van der Waals surface area contributed by atoms with Gasteiger partial charge in [-0.15, -0.1) is 0 Å². The van der Waals surface area contributed by atoms with Gasteiger partial charge in [-0.25, -0.2) is 0 Å². The van der Waals surface area contributed by atoms with Gasteiger partial charge in [-0.3, -0.25) is 14.9 Å². The van der Waals surface area contributed by atoms with Gasteiger partial charge in [-0.2, -0.15) is 0 Å². The summed E-state index contributed by atoms with van der Waals surface area (Å²) in [6.07, 6.45) is 2.21. The Labute approximate surface area is 122 Å². The molecule has 2 rings (SSSR count). The molecule has 2 N–H and O–H groups in total. The number of methoxy groups -OCH3 is 1. The molecule has 1 aliphatic rings. The molecule has 7 nitrogen and oxygen atoms in total. The molecule has 0 aliphatic heterocycles. The summed E-state index contributed by atoms with van der Waals surface area (Å²) in [6.45, 7) is 1.72. The molecular formula is C14H18N2O5. The van der Waals surface area contributed by atoms with Gasteiger partial charge in [-0.05, 0) is 25.8 Å². The fraction of sp³-hybridized carbons (Fsp3) is 0.500. The molecule has 0 heterocycles. The number of rotatable bonds is 5. The van der Waals surface area contributed by atoms with Gasteiger partial charge in [0.2, 0.25) is 0 Å². The number of aliphatic carboxylic acids is 1. The van der Waals surface area contributed by atoms with Crippen LogP contribution in [-0.2, 0) is 4.79 Å². The van der Waals surface area contributed by atoms with Crippen molar-refractivity contribution in [3.8, 4) is 5.75 Å². The van der Waals surface area contributed by atoms with E-state index in [1.165, 1.54) is 19.2 Å². The predicted octanol–water partition coefficient (Wildman–Crippen LogP) is 2.66. The highest BCUT2D eigenvalue weighted by molar-refractivity contribution is 5.76. The summed E-state index contributed by atoms with van der Waals surface area (Å²) in [6, 6.07) is 4.25. The molecule has 0 radical (unpaired) electrons. The maximum absolute atomic E-state index is 11.4. The molecule has 1 fully saturated rings. The Hall–Kier alpha value is -2.31.